The third kappa shape index (κ3) is 4.63. The van der Waals surface area contributed by atoms with Crippen molar-refractivity contribution in [2.45, 2.75) is 30.6 Å². The molecule has 1 fully saturated rings. The second-order valence-corrected chi connectivity index (χ2v) is 10.8. The highest BCUT2D eigenvalue weighted by Crippen LogP contribution is 2.34. The summed E-state index contributed by atoms with van der Waals surface area (Å²) in [5, 5.41) is 0. The van der Waals surface area contributed by atoms with Gasteiger partial charge in [0.15, 0.2) is 0 Å². The molecule has 2 aliphatic rings. The van der Waals surface area contributed by atoms with Gasteiger partial charge in [0, 0.05) is 35.7 Å². The first kappa shape index (κ1) is 22.0. The van der Waals surface area contributed by atoms with E-state index in [1.54, 1.807) is 12.1 Å². The predicted octanol–water partition coefficient (Wildman–Crippen LogP) is 5.54. The Morgan fingerprint density at radius 1 is 1.12 bits per heavy atom. The van der Waals surface area contributed by atoms with Crippen LogP contribution >= 0.6 is 15.9 Å². The number of hydrogen-bond acceptors (Lipinski definition) is 4. The van der Waals surface area contributed by atoms with Gasteiger partial charge in [-0.3, -0.25) is 14.5 Å². The third-order valence-corrected chi connectivity index (χ3v) is 7.85. The molecule has 0 unspecified atom stereocenters. The molecule has 0 aliphatic heterocycles. The Bertz CT molecular complexity index is 1400. The quantitative estimate of drug-likeness (QED) is 0.438. The minimum Gasteiger partial charge on any atom is -0.299 e. The minimum atomic E-state index is -3.93. The Hall–Kier alpha value is -2.84. The predicted molar refractivity (Wildman–Crippen MR) is 129 cm³/mol. The van der Waals surface area contributed by atoms with E-state index in [1.807, 2.05) is 30.4 Å². The second-order valence-electron chi connectivity index (χ2n) is 8.30. The summed E-state index contributed by atoms with van der Waals surface area (Å²) in [6.07, 6.45) is 7.10. The molecule has 0 radical (unpaired) electrons. The van der Waals surface area contributed by atoms with Crippen molar-refractivity contribution in [3.05, 3.63) is 81.8 Å². The molecule has 0 bridgehead atoms. The van der Waals surface area contributed by atoms with Crippen molar-refractivity contribution in [1.29, 1.82) is 0 Å². The van der Waals surface area contributed by atoms with Gasteiger partial charge in [-0.25, -0.2) is 12.8 Å². The number of pyridine rings is 1. The Kier molecular flexibility index (Phi) is 5.66. The van der Waals surface area contributed by atoms with Gasteiger partial charge in [0.1, 0.15) is 11.6 Å². The lowest BCUT2D eigenvalue weighted by Crippen LogP contribution is -2.13. The van der Waals surface area contributed by atoms with Gasteiger partial charge in [-0.15, -0.1) is 0 Å². The lowest BCUT2D eigenvalue weighted by molar-refractivity contribution is -0.119. The monoisotopic (exact) mass is 526 g/mol. The van der Waals surface area contributed by atoms with Crippen molar-refractivity contribution in [2.24, 2.45) is 5.92 Å². The first-order chi connectivity index (χ1) is 15.8. The third-order valence-electron chi connectivity index (χ3n) is 5.82. The summed E-state index contributed by atoms with van der Waals surface area (Å²) in [6.45, 7) is 0. The standard InChI is InChI=1S/C25H20BrFN2O3S/c26-22-11-10-19(14-23(22)27)33(31,32)29-17-8-6-15(7-9-17)21-12-18(13-25(30)16-4-5-16)28-24-3-1-2-20(21)24/h1-2,6-12,14,16,29H,3-5,13H2. The second kappa shape index (κ2) is 8.50. The molecule has 1 heterocycles. The molecule has 5 nitrogen and oxygen atoms in total. The van der Waals surface area contributed by atoms with Gasteiger partial charge in [0.05, 0.1) is 15.1 Å². The van der Waals surface area contributed by atoms with Crippen LogP contribution in [0.2, 0.25) is 0 Å². The zero-order chi connectivity index (χ0) is 23.2. The summed E-state index contributed by atoms with van der Waals surface area (Å²) in [4.78, 5) is 16.8. The number of fused-ring (bicyclic) bond motifs is 1. The van der Waals surface area contributed by atoms with Crippen LogP contribution in [0.1, 0.15) is 29.8 Å². The highest BCUT2D eigenvalue weighted by Gasteiger charge is 2.30. The van der Waals surface area contributed by atoms with Crippen LogP contribution in [-0.2, 0) is 27.7 Å². The highest BCUT2D eigenvalue weighted by molar-refractivity contribution is 9.10. The lowest BCUT2D eigenvalue weighted by atomic mass is 9.97. The average Bonchev–Trinajstić information content (AvgIpc) is 3.53. The van der Waals surface area contributed by atoms with E-state index >= 15 is 0 Å². The van der Waals surface area contributed by atoms with E-state index in [4.69, 9.17) is 4.98 Å². The van der Waals surface area contributed by atoms with Crippen molar-refractivity contribution in [2.75, 3.05) is 4.72 Å². The van der Waals surface area contributed by atoms with Gasteiger partial charge < -0.3 is 0 Å². The fourth-order valence-corrected chi connectivity index (χ4v) is 5.25. The molecular formula is C25H20BrFN2O3S. The molecule has 0 spiro atoms. The number of sulfonamides is 1. The van der Waals surface area contributed by atoms with Crippen molar-refractivity contribution >= 4 is 43.5 Å². The van der Waals surface area contributed by atoms with Crippen LogP contribution in [0, 0.1) is 11.7 Å². The SMILES string of the molecule is O=C(Cc1cc(-c2ccc(NS(=O)(=O)c3ccc(Br)c(F)c3)cc2)c2c(n1)CC=C2)C1CC1. The van der Waals surface area contributed by atoms with Gasteiger partial charge in [-0.1, -0.05) is 24.3 Å². The number of rotatable bonds is 7. The summed E-state index contributed by atoms with van der Waals surface area (Å²) < 4.78 is 41.7. The summed E-state index contributed by atoms with van der Waals surface area (Å²) in [5.41, 5.74) is 4.98. The molecule has 5 rings (SSSR count). The molecule has 33 heavy (non-hydrogen) atoms. The van der Waals surface area contributed by atoms with Gasteiger partial charge in [0.2, 0.25) is 0 Å². The molecule has 1 saturated carbocycles. The van der Waals surface area contributed by atoms with E-state index in [0.717, 1.165) is 53.4 Å². The largest absolute Gasteiger partial charge is 0.299 e. The first-order valence-electron chi connectivity index (χ1n) is 10.6. The van der Waals surface area contributed by atoms with Crippen molar-refractivity contribution in [1.82, 2.24) is 4.98 Å². The van der Waals surface area contributed by atoms with Crippen molar-refractivity contribution in [3.63, 3.8) is 0 Å². The van der Waals surface area contributed by atoms with Gasteiger partial charge >= 0.3 is 0 Å². The van der Waals surface area contributed by atoms with Gasteiger partial charge in [0.25, 0.3) is 10.0 Å². The summed E-state index contributed by atoms with van der Waals surface area (Å²) in [5.74, 6) is -0.217. The summed E-state index contributed by atoms with van der Waals surface area (Å²) in [6, 6.07) is 12.6. The molecule has 168 valence electrons. The van der Waals surface area contributed by atoms with Gasteiger partial charge in [-0.05, 0) is 76.3 Å². The Labute approximate surface area is 199 Å². The number of Topliss-reactive ketones (excluding diaryl/α,β-unsaturated/α-hetero) is 1. The molecule has 3 aromatic rings. The number of hydrogen-bond donors (Lipinski definition) is 1. The number of nitrogens with zero attached hydrogens (tertiary/aromatic N) is 1. The zero-order valence-corrected chi connectivity index (χ0v) is 19.9. The van der Waals surface area contributed by atoms with Crippen LogP contribution in [0.4, 0.5) is 10.1 Å². The number of carbonyl (C=O) groups is 1. The molecule has 0 atom stereocenters. The highest BCUT2D eigenvalue weighted by atomic mass is 79.9. The van der Waals surface area contributed by atoms with Crippen molar-refractivity contribution < 1.29 is 17.6 Å². The van der Waals surface area contributed by atoms with Crippen LogP contribution in [0.3, 0.4) is 0 Å². The normalized spacial score (nSPS) is 14.8. The molecule has 1 N–H and O–H groups in total. The maximum atomic E-state index is 13.8. The van der Waals surface area contributed by atoms with Crippen LogP contribution < -0.4 is 4.72 Å². The first-order valence-corrected chi connectivity index (χ1v) is 12.9. The van der Waals surface area contributed by atoms with Crippen LogP contribution in [0.25, 0.3) is 17.2 Å². The minimum absolute atomic E-state index is 0.158. The number of halogens is 2. The fourth-order valence-electron chi connectivity index (χ4n) is 3.93. The molecule has 0 saturated heterocycles. The lowest BCUT2D eigenvalue weighted by Gasteiger charge is -2.13. The molecule has 0 amide bonds. The zero-order valence-electron chi connectivity index (χ0n) is 17.5. The number of carbonyl (C=O) groups excluding carboxylic acids is 1. The fraction of sp³-hybridized carbons (Fsp3) is 0.200. The van der Waals surface area contributed by atoms with Gasteiger partial charge in [-0.2, -0.15) is 0 Å². The number of allylic oxidation sites excluding steroid dienone is 1. The molecule has 2 aromatic carbocycles. The maximum Gasteiger partial charge on any atom is 0.261 e. The molecule has 8 heteroatoms. The number of benzene rings is 2. The molecule has 2 aliphatic carbocycles. The Morgan fingerprint density at radius 3 is 2.58 bits per heavy atom. The Balaban J connectivity index is 1.41. The number of nitrogens with one attached hydrogen (secondary N) is 1. The van der Waals surface area contributed by atoms with E-state index in [-0.39, 0.29) is 21.1 Å². The molecule has 1 aromatic heterocycles. The van der Waals surface area contributed by atoms with E-state index in [1.165, 1.54) is 12.1 Å². The smallest absolute Gasteiger partial charge is 0.261 e. The molecular weight excluding hydrogens is 507 g/mol. The van der Waals surface area contributed by atoms with E-state index in [9.17, 15) is 17.6 Å². The van der Waals surface area contributed by atoms with Crippen molar-refractivity contribution in [3.8, 4) is 11.1 Å². The van der Waals surface area contributed by atoms with E-state index in [0.29, 0.717) is 12.1 Å². The Morgan fingerprint density at radius 2 is 1.88 bits per heavy atom. The summed E-state index contributed by atoms with van der Waals surface area (Å²) >= 11 is 3.02. The summed E-state index contributed by atoms with van der Waals surface area (Å²) in [7, 11) is -3.93. The number of aromatic nitrogens is 1. The van der Waals surface area contributed by atoms with Crippen LogP contribution in [0.15, 0.2) is 64.0 Å². The number of anilines is 1. The topological polar surface area (TPSA) is 76.1 Å². The maximum absolute atomic E-state index is 13.8. The van der Waals surface area contributed by atoms with Crippen LogP contribution in [0.5, 0.6) is 0 Å². The van der Waals surface area contributed by atoms with E-state index in [2.05, 4.69) is 20.7 Å². The number of ketones is 1. The van der Waals surface area contributed by atoms with E-state index < -0.39 is 15.8 Å². The average molecular weight is 527 g/mol. The van der Waals surface area contributed by atoms with Crippen LogP contribution in [-0.4, -0.2) is 19.2 Å².